The lowest BCUT2D eigenvalue weighted by atomic mass is 9.95. The van der Waals surface area contributed by atoms with Crippen molar-refractivity contribution in [2.24, 2.45) is 5.41 Å². The lowest BCUT2D eigenvalue weighted by molar-refractivity contribution is -0.133. The van der Waals surface area contributed by atoms with Crippen molar-refractivity contribution in [3.8, 4) is 0 Å². The Morgan fingerprint density at radius 3 is 2.60 bits per heavy atom. The van der Waals surface area contributed by atoms with Crippen LogP contribution in [-0.4, -0.2) is 37.9 Å². The highest BCUT2D eigenvalue weighted by Gasteiger charge is 2.47. The Kier molecular flexibility index (Phi) is 3.62. The van der Waals surface area contributed by atoms with E-state index in [1.807, 2.05) is 30.4 Å². The van der Waals surface area contributed by atoms with Crippen LogP contribution < -0.4 is 5.32 Å². The summed E-state index contributed by atoms with van der Waals surface area (Å²) in [5.74, 6) is 0.126. The van der Waals surface area contributed by atoms with Gasteiger partial charge in [0.1, 0.15) is 6.17 Å². The van der Waals surface area contributed by atoms with Crippen LogP contribution in [0.15, 0.2) is 6.20 Å². The van der Waals surface area contributed by atoms with Crippen LogP contribution in [0.1, 0.15) is 53.4 Å². The van der Waals surface area contributed by atoms with E-state index in [1.165, 1.54) is 0 Å². The maximum Gasteiger partial charge on any atom is 0.243 e. The lowest BCUT2D eigenvalue weighted by Crippen LogP contribution is -2.41. The largest absolute Gasteiger partial charge is 0.319 e. The molecule has 0 bridgehead atoms. The molecule has 1 amide bonds. The fourth-order valence-electron chi connectivity index (χ4n) is 2.59. The van der Waals surface area contributed by atoms with E-state index < -0.39 is 5.54 Å². The Balaban J connectivity index is 2.37. The van der Waals surface area contributed by atoms with Crippen LogP contribution in [0.5, 0.6) is 0 Å². The van der Waals surface area contributed by atoms with Crippen molar-refractivity contribution in [3.05, 3.63) is 11.9 Å². The van der Waals surface area contributed by atoms with Gasteiger partial charge in [-0.2, -0.15) is 0 Å². The summed E-state index contributed by atoms with van der Waals surface area (Å²) in [6, 6.07) is 0. The smallest absolute Gasteiger partial charge is 0.243 e. The fraction of sp³-hybridized carbons (Fsp3) is 0.786. The lowest BCUT2D eigenvalue weighted by Gasteiger charge is -2.30. The number of nitrogens with one attached hydrogen (secondary N) is 1. The van der Waals surface area contributed by atoms with E-state index >= 15 is 0 Å². The summed E-state index contributed by atoms with van der Waals surface area (Å²) >= 11 is 0. The van der Waals surface area contributed by atoms with Crippen molar-refractivity contribution < 1.29 is 4.79 Å². The highest BCUT2D eigenvalue weighted by molar-refractivity contribution is 5.88. The maximum absolute atomic E-state index is 12.6. The summed E-state index contributed by atoms with van der Waals surface area (Å²) in [6.45, 7) is 13.7. The van der Waals surface area contributed by atoms with Crippen LogP contribution in [-0.2, 0) is 11.3 Å². The van der Waals surface area contributed by atoms with Crippen LogP contribution in [0.3, 0.4) is 0 Å². The molecular weight excluding hydrogens is 254 g/mol. The van der Waals surface area contributed by atoms with Gasteiger partial charge in [0.2, 0.25) is 5.91 Å². The monoisotopic (exact) mass is 279 g/mol. The van der Waals surface area contributed by atoms with Crippen molar-refractivity contribution in [3.63, 3.8) is 0 Å². The number of carbonyl (C=O) groups is 1. The van der Waals surface area contributed by atoms with Gasteiger partial charge in [-0.15, -0.1) is 5.10 Å². The molecule has 112 valence electrons. The van der Waals surface area contributed by atoms with Crippen molar-refractivity contribution >= 4 is 5.91 Å². The third kappa shape index (κ3) is 2.70. The van der Waals surface area contributed by atoms with E-state index in [2.05, 4.69) is 36.4 Å². The summed E-state index contributed by atoms with van der Waals surface area (Å²) in [5, 5.41) is 11.5. The molecule has 1 aromatic rings. The first-order chi connectivity index (χ1) is 9.15. The van der Waals surface area contributed by atoms with Gasteiger partial charge >= 0.3 is 0 Å². The van der Waals surface area contributed by atoms with Crippen LogP contribution in [0.4, 0.5) is 0 Å². The van der Waals surface area contributed by atoms with Gasteiger partial charge in [-0.1, -0.05) is 26.0 Å². The number of nitrogens with zero attached hydrogens (tertiary/aromatic N) is 4. The SMILES string of the molecule is CCn1nncc1C1NC(C)(C)C(=O)N1CC(C)(C)C. The number of amides is 1. The van der Waals surface area contributed by atoms with Crippen molar-refractivity contribution in [2.45, 2.75) is 59.8 Å². The molecule has 1 aliphatic rings. The predicted molar refractivity (Wildman–Crippen MR) is 76.8 cm³/mol. The van der Waals surface area contributed by atoms with Gasteiger partial charge in [0, 0.05) is 13.1 Å². The average Bonchev–Trinajstić information content (AvgIpc) is 2.86. The molecule has 1 unspecified atom stereocenters. The summed E-state index contributed by atoms with van der Waals surface area (Å²) in [7, 11) is 0. The zero-order valence-electron chi connectivity index (χ0n) is 13.3. The Labute approximate surface area is 120 Å². The van der Waals surface area contributed by atoms with E-state index in [4.69, 9.17) is 0 Å². The van der Waals surface area contributed by atoms with Gasteiger partial charge in [0.25, 0.3) is 0 Å². The second-order valence-corrected chi connectivity index (χ2v) is 7.14. The molecule has 1 aliphatic heterocycles. The van der Waals surface area contributed by atoms with Gasteiger partial charge in [0.15, 0.2) is 0 Å². The number of aryl methyl sites for hydroxylation is 1. The number of carbonyl (C=O) groups excluding carboxylic acids is 1. The first-order valence-corrected chi connectivity index (χ1v) is 7.13. The van der Waals surface area contributed by atoms with E-state index in [0.29, 0.717) is 6.54 Å². The van der Waals surface area contributed by atoms with E-state index in [-0.39, 0.29) is 17.5 Å². The summed E-state index contributed by atoms with van der Waals surface area (Å²) in [5.41, 5.74) is 0.426. The van der Waals surface area contributed by atoms with Crippen LogP contribution >= 0.6 is 0 Å². The topological polar surface area (TPSA) is 63.1 Å². The van der Waals surface area contributed by atoms with E-state index in [0.717, 1.165) is 12.2 Å². The minimum atomic E-state index is -0.557. The Morgan fingerprint density at radius 2 is 2.05 bits per heavy atom. The highest BCUT2D eigenvalue weighted by atomic mass is 16.2. The first-order valence-electron chi connectivity index (χ1n) is 7.13. The van der Waals surface area contributed by atoms with Gasteiger partial charge in [-0.25, -0.2) is 4.68 Å². The Hall–Kier alpha value is -1.43. The van der Waals surface area contributed by atoms with Crippen LogP contribution in [0.25, 0.3) is 0 Å². The van der Waals surface area contributed by atoms with Gasteiger partial charge in [0.05, 0.1) is 17.4 Å². The summed E-state index contributed by atoms with van der Waals surface area (Å²) < 4.78 is 1.84. The molecule has 0 aliphatic carbocycles. The average molecular weight is 279 g/mol. The van der Waals surface area contributed by atoms with E-state index in [9.17, 15) is 4.79 Å². The van der Waals surface area contributed by atoms with Crippen molar-refractivity contribution in [2.75, 3.05) is 6.54 Å². The first kappa shape index (κ1) is 15.0. The second kappa shape index (κ2) is 4.84. The molecule has 20 heavy (non-hydrogen) atoms. The Bertz CT molecular complexity index is 500. The van der Waals surface area contributed by atoms with Gasteiger partial charge < -0.3 is 4.90 Å². The molecule has 1 fully saturated rings. The number of rotatable bonds is 3. The molecule has 2 heterocycles. The predicted octanol–water partition coefficient (Wildman–Crippen LogP) is 1.55. The standard InChI is InChI=1S/C14H25N5O/c1-7-19-10(8-15-17-19)11-16-14(5,6)12(20)18(11)9-13(2,3)4/h8,11,16H,7,9H2,1-6H3. The van der Waals surface area contributed by atoms with Crippen LogP contribution in [0, 0.1) is 5.41 Å². The summed E-state index contributed by atoms with van der Waals surface area (Å²) in [4.78, 5) is 14.5. The molecule has 6 heteroatoms. The molecule has 1 N–H and O–H groups in total. The van der Waals surface area contributed by atoms with Crippen molar-refractivity contribution in [1.29, 1.82) is 0 Å². The molecule has 0 radical (unpaired) electrons. The molecule has 2 rings (SSSR count). The molecular formula is C14H25N5O. The minimum absolute atomic E-state index is 0.0422. The molecule has 1 aromatic heterocycles. The maximum atomic E-state index is 12.6. The fourth-order valence-corrected chi connectivity index (χ4v) is 2.59. The molecule has 0 saturated carbocycles. The number of hydrogen-bond acceptors (Lipinski definition) is 4. The molecule has 1 atom stereocenters. The van der Waals surface area contributed by atoms with Crippen LogP contribution in [0.2, 0.25) is 0 Å². The highest BCUT2D eigenvalue weighted by Crippen LogP contribution is 2.32. The zero-order chi connectivity index (χ0) is 15.1. The molecule has 0 spiro atoms. The minimum Gasteiger partial charge on any atom is -0.319 e. The molecule has 1 saturated heterocycles. The quantitative estimate of drug-likeness (QED) is 0.912. The normalized spacial score (nSPS) is 22.6. The number of aromatic nitrogens is 3. The zero-order valence-corrected chi connectivity index (χ0v) is 13.3. The Morgan fingerprint density at radius 1 is 1.40 bits per heavy atom. The number of hydrogen-bond donors (Lipinski definition) is 1. The third-order valence-corrected chi connectivity index (χ3v) is 3.48. The molecule has 0 aromatic carbocycles. The summed E-state index contributed by atoms with van der Waals surface area (Å²) in [6.07, 6.45) is 1.58. The second-order valence-electron chi connectivity index (χ2n) is 7.14. The molecule has 6 nitrogen and oxygen atoms in total. The van der Waals surface area contributed by atoms with Gasteiger partial charge in [-0.3, -0.25) is 10.1 Å². The van der Waals surface area contributed by atoms with E-state index in [1.54, 1.807) is 6.20 Å². The van der Waals surface area contributed by atoms with Gasteiger partial charge in [-0.05, 0) is 26.2 Å². The third-order valence-electron chi connectivity index (χ3n) is 3.48. The van der Waals surface area contributed by atoms with Crippen molar-refractivity contribution in [1.82, 2.24) is 25.2 Å².